The Kier molecular flexibility index (Phi) is 9.03. The predicted molar refractivity (Wildman–Crippen MR) is 150 cm³/mol. The molecule has 4 rings (SSSR count). The second kappa shape index (κ2) is 12.6. The fraction of sp³-hybridized carbons (Fsp3) is 0.286. The Hall–Kier alpha value is -3.56. The van der Waals surface area contributed by atoms with Gasteiger partial charge in [-0.3, -0.25) is 9.59 Å². The largest absolute Gasteiger partial charge is 0.495 e. The van der Waals surface area contributed by atoms with E-state index in [0.717, 1.165) is 43.3 Å². The fourth-order valence-electron chi connectivity index (χ4n) is 4.36. The van der Waals surface area contributed by atoms with Crippen LogP contribution in [0, 0.1) is 0 Å². The van der Waals surface area contributed by atoms with Gasteiger partial charge in [0.05, 0.1) is 30.5 Å². The van der Waals surface area contributed by atoms with Crippen LogP contribution in [0.5, 0.6) is 5.75 Å². The van der Waals surface area contributed by atoms with E-state index in [0.29, 0.717) is 34.4 Å². The molecule has 194 valence electrons. The Morgan fingerprint density at radius 2 is 1.51 bits per heavy atom. The lowest BCUT2D eigenvalue weighted by Gasteiger charge is -2.38. The summed E-state index contributed by atoms with van der Waals surface area (Å²) < 4.78 is 11.3. The lowest BCUT2D eigenvalue weighted by atomic mass is 10.1. The van der Waals surface area contributed by atoms with Crippen molar-refractivity contribution in [3.05, 3.63) is 82.3 Å². The summed E-state index contributed by atoms with van der Waals surface area (Å²) in [5, 5.41) is 5.83. The monoisotopic (exact) mass is 566 g/mol. The van der Waals surface area contributed by atoms with Crippen LogP contribution in [0.15, 0.2) is 71.2 Å². The molecule has 0 radical (unpaired) electrons. The number of ether oxygens (including phenoxy) is 2. The molecule has 1 fully saturated rings. The lowest BCUT2D eigenvalue weighted by Crippen LogP contribution is -2.47. The highest BCUT2D eigenvalue weighted by Crippen LogP contribution is 2.31. The van der Waals surface area contributed by atoms with Gasteiger partial charge in [0.2, 0.25) is 0 Å². The quantitative estimate of drug-likeness (QED) is 0.373. The van der Waals surface area contributed by atoms with E-state index in [1.165, 1.54) is 0 Å². The first-order valence-electron chi connectivity index (χ1n) is 12.1. The van der Waals surface area contributed by atoms with E-state index in [2.05, 4.69) is 42.4 Å². The van der Waals surface area contributed by atoms with E-state index in [1.54, 1.807) is 26.4 Å². The van der Waals surface area contributed by atoms with Crippen LogP contribution in [-0.2, 0) is 4.74 Å². The molecule has 0 aliphatic carbocycles. The van der Waals surface area contributed by atoms with Gasteiger partial charge in [-0.2, -0.15) is 0 Å². The van der Waals surface area contributed by atoms with E-state index in [1.807, 2.05) is 48.5 Å². The topological polar surface area (TPSA) is 83.1 Å². The van der Waals surface area contributed by atoms with Gasteiger partial charge in [0.15, 0.2) is 0 Å². The molecule has 0 unspecified atom stereocenters. The first kappa shape index (κ1) is 26.5. The maximum absolute atomic E-state index is 13.2. The van der Waals surface area contributed by atoms with Crippen molar-refractivity contribution >= 4 is 44.8 Å². The summed E-state index contributed by atoms with van der Waals surface area (Å²) in [6.45, 7) is 3.84. The molecular formula is C28H31BrN4O4. The van der Waals surface area contributed by atoms with Gasteiger partial charge in [-0.15, -0.1) is 0 Å². The van der Waals surface area contributed by atoms with Crippen LogP contribution in [0.4, 0.5) is 17.1 Å². The number of para-hydroxylation sites is 2. The molecule has 37 heavy (non-hydrogen) atoms. The van der Waals surface area contributed by atoms with Crippen molar-refractivity contribution in [1.82, 2.24) is 5.32 Å². The number of hydrogen-bond donors (Lipinski definition) is 2. The van der Waals surface area contributed by atoms with Crippen molar-refractivity contribution in [1.29, 1.82) is 0 Å². The molecule has 0 saturated carbocycles. The molecule has 2 amide bonds. The number of carbonyl (C=O) groups excluding carboxylic acids is 2. The van der Waals surface area contributed by atoms with Crippen molar-refractivity contribution in [3.63, 3.8) is 0 Å². The van der Waals surface area contributed by atoms with Gasteiger partial charge in [0.1, 0.15) is 5.75 Å². The van der Waals surface area contributed by atoms with Crippen LogP contribution in [0.3, 0.4) is 0 Å². The number of rotatable bonds is 9. The average molecular weight is 567 g/mol. The number of amides is 2. The molecule has 1 heterocycles. The Morgan fingerprint density at radius 1 is 0.838 bits per heavy atom. The SMILES string of the molecule is COCCNC(=O)c1cc(NC(=O)c2ccccc2Br)ccc1N1CCN(c2ccccc2OC)CC1. The lowest BCUT2D eigenvalue weighted by molar-refractivity contribution is 0.0936. The zero-order valence-electron chi connectivity index (χ0n) is 21.0. The minimum absolute atomic E-state index is 0.212. The number of nitrogens with one attached hydrogen (secondary N) is 2. The highest BCUT2D eigenvalue weighted by atomic mass is 79.9. The number of methoxy groups -OCH3 is 2. The average Bonchev–Trinajstić information content (AvgIpc) is 2.93. The maximum Gasteiger partial charge on any atom is 0.256 e. The zero-order valence-corrected chi connectivity index (χ0v) is 22.6. The van der Waals surface area contributed by atoms with E-state index in [9.17, 15) is 9.59 Å². The number of hydrogen-bond acceptors (Lipinski definition) is 6. The highest BCUT2D eigenvalue weighted by molar-refractivity contribution is 9.10. The summed E-state index contributed by atoms with van der Waals surface area (Å²) in [6, 6.07) is 20.7. The third-order valence-electron chi connectivity index (χ3n) is 6.26. The number of carbonyl (C=O) groups is 2. The Morgan fingerprint density at radius 3 is 2.22 bits per heavy atom. The van der Waals surface area contributed by atoms with Crippen molar-refractivity contribution in [2.24, 2.45) is 0 Å². The molecule has 8 nitrogen and oxygen atoms in total. The van der Waals surface area contributed by atoms with E-state index in [-0.39, 0.29) is 11.8 Å². The third-order valence-corrected chi connectivity index (χ3v) is 6.95. The van der Waals surface area contributed by atoms with Gasteiger partial charge in [0, 0.05) is 55.7 Å². The van der Waals surface area contributed by atoms with Gasteiger partial charge in [-0.05, 0) is 58.4 Å². The smallest absolute Gasteiger partial charge is 0.256 e. The molecule has 2 N–H and O–H groups in total. The minimum atomic E-state index is -0.253. The molecule has 3 aromatic carbocycles. The minimum Gasteiger partial charge on any atom is -0.495 e. The molecule has 0 bridgehead atoms. The predicted octanol–water partition coefficient (Wildman–Crippen LogP) is 4.41. The molecule has 0 aromatic heterocycles. The molecular weight excluding hydrogens is 536 g/mol. The number of anilines is 3. The Balaban J connectivity index is 1.54. The van der Waals surface area contributed by atoms with Gasteiger partial charge < -0.3 is 29.9 Å². The molecule has 1 saturated heterocycles. The number of piperazine rings is 1. The van der Waals surface area contributed by atoms with Gasteiger partial charge in [-0.1, -0.05) is 24.3 Å². The van der Waals surface area contributed by atoms with Crippen LogP contribution in [0.2, 0.25) is 0 Å². The summed E-state index contributed by atoms with van der Waals surface area (Å²) in [7, 11) is 3.27. The molecule has 1 aliphatic rings. The Bertz CT molecular complexity index is 1240. The summed E-state index contributed by atoms with van der Waals surface area (Å²) in [4.78, 5) is 30.5. The standard InChI is InChI=1S/C28H31BrN4O4/c1-36-18-13-30-27(34)22-19-20(31-28(35)21-7-3-4-8-23(21)29)11-12-24(22)32-14-16-33(17-15-32)25-9-5-6-10-26(25)37-2/h3-12,19H,13-18H2,1-2H3,(H,30,34)(H,31,35). The summed E-state index contributed by atoms with van der Waals surface area (Å²) >= 11 is 3.42. The van der Waals surface area contributed by atoms with Crippen LogP contribution < -0.4 is 25.2 Å². The summed E-state index contributed by atoms with van der Waals surface area (Å²) in [5.41, 5.74) is 3.46. The molecule has 0 spiro atoms. The van der Waals surface area contributed by atoms with E-state index >= 15 is 0 Å². The zero-order chi connectivity index (χ0) is 26.2. The highest BCUT2D eigenvalue weighted by Gasteiger charge is 2.24. The second-order valence-corrected chi connectivity index (χ2v) is 9.41. The Labute approximate surface area is 225 Å². The maximum atomic E-state index is 13.2. The number of benzene rings is 3. The summed E-state index contributed by atoms with van der Waals surface area (Å²) in [6.07, 6.45) is 0. The van der Waals surface area contributed by atoms with Crippen molar-refractivity contribution in [2.75, 3.05) is 68.7 Å². The van der Waals surface area contributed by atoms with Gasteiger partial charge >= 0.3 is 0 Å². The second-order valence-electron chi connectivity index (χ2n) is 8.56. The van der Waals surface area contributed by atoms with Crippen molar-refractivity contribution in [2.45, 2.75) is 0 Å². The van der Waals surface area contributed by atoms with Gasteiger partial charge in [-0.25, -0.2) is 0 Å². The fourth-order valence-corrected chi connectivity index (χ4v) is 4.82. The number of nitrogens with zero attached hydrogens (tertiary/aromatic N) is 2. The first-order valence-corrected chi connectivity index (χ1v) is 12.9. The molecule has 9 heteroatoms. The van der Waals surface area contributed by atoms with Crippen molar-refractivity contribution in [3.8, 4) is 5.75 Å². The van der Waals surface area contributed by atoms with E-state index < -0.39 is 0 Å². The van der Waals surface area contributed by atoms with Crippen LogP contribution in [-0.4, -0.2) is 65.4 Å². The summed E-state index contributed by atoms with van der Waals surface area (Å²) in [5.74, 6) is 0.381. The molecule has 0 atom stereocenters. The van der Waals surface area contributed by atoms with Gasteiger partial charge in [0.25, 0.3) is 11.8 Å². The molecule has 1 aliphatic heterocycles. The van der Waals surface area contributed by atoms with Crippen LogP contribution >= 0.6 is 15.9 Å². The number of halogens is 1. The molecule has 3 aromatic rings. The van der Waals surface area contributed by atoms with Crippen LogP contribution in [0.25, 0.3) is 0 Å². The third kappa shape index (κ3) is 6.42. The van der Waals surface area contributed by atoms with Crippen LogP contribution in [0.1, 0.15) is 20.7 Å². The normalized spacial score (nSPS) is 13.3. The van der Waals surface area contributed by atoms with E-state index in [4.69, 9.17) is 9.47 Å². The van der Waals surface area contributed by atoms with Crippen molar-refractivity contribution < 1.29 is 19.1 Å². The first-order chi connectivity index (χ1) is 18.0.